The molecule has 2 saturated heterocycles. The summed E-state index contributed by atoms with van der Waals surface area (Å²) in [6.07, 6.45) is 7.81. The standard InChI is InChI=1S/C27H36N4O5/c32-25-23-20-9-10-21(36-20)24(23)26(33)31(25)17-19(35-27(34)18-6-2-1-3-7-18)16-29-12-14-30(15-13-29)22-8-4-5-11-28-22/h4-5,8,11,18-21,32-33H,1-3,6-7,9-10,12-17H2/t19?,20-,21?/m1/s1. The molecule has 194 valence electrons. The second-order valence-corrected chi connectivity index (χ2v) is 10.6. The highest BCUT2D eigenvalue weighted by Gasteiger charge is 2.45. The molecule has 9 heteroatoms. The lowest BCUT2D eigenvalue weighted by Crippen LogP contribution is -2.50. The maximum Gasteiger partial charge on any atom is 0.309 e. The molecule has 4 aliphatic rings. The van der Waals surface area contributed by atoms with Gasteiger partial charge in [0.05, 0.1) is 35.8 Å². The van der Waals surface area contributed by atoms with Crippen LogP contribution in [0.4, 0.5) is 5.82 Å². The number of fused-ring (bicyclic) bond motifs is 5. The summed E-state index contributed by atoms with van der Waals surface area (Å²) in [6.45, 7) is 4.12. The van der Waals surface area contributed by atoms with E-state index in [2.05, 4.69) is 14.8 Å². The number of carbonyl (C=O) groups is 1. The number of esters is 1. The van der Waals surface area contributed by atoms with Gasteiger partial charge in [-0.15, -0.1) is 0 Å². The number of hydrogen-bond donors (Lipinski definition) is 2. The predicted octanol–water partition coefficient (Wildman–Crippen LogP) is 3.51. The molecule has 2 aromatic heterocycles. The summed E-state index contributed by atoms with van der Waals surface area (Å²) < 4.78 is 13.5. The van der Waals surface area contributed by atoms with Gasteiger partial charge in [0, 0.05) is 38.9 Å². The molecule has 2 N–H and O–H groups in total. The second-order valence-electron chi connectivity index (χ2n) is 10.6. The third-order valence-electron chi connectivity index (χ3n) is 8.36. The zero-order valence-electron chi connectivity index (χ0n) is 20.7. The Morgan fingerprint density at radius 3 is 2.31 bits per heavy atom. The molecule has 5 heterocycles. The van der Waals surface area contributed by atoms with Crippen molar-refractivity contribution < 1.29 is 24.5 Å². The van der Waals surface area contributed by atoms with E-state index in [0.29, 0.717) is 17.7 Å². The van der Waals surface area contributed by atoms with E-state index in [9.17, 15) is 15.0 Å². The smallest absolute Gasteiger partial charge is 0.309 e. The van der Waals surface area contributed by atoms with Crippen LogP contribution < -0.4 is 4.90 Å². The van der Waals surface area contributed by atoms with Crippen LogP contribution >= 0.6 is 0 Å². The van der Waals surface area contributed by atoms with Gasteiger partial charge in [-0.3, -0.25) is 14.3 Å². The highest BCUT2D eigenvalue weighted by molar-refractivity contribution is 5.72. The number of nitrogens with zero attached hydrogens (tertiary/aromatic N) is 4. The summed E-state index contributed by atoms with van der Waals surface area (Å²) in [7, 11) is 0. The Morgan fingerprint density at radius 2 is 1.67 bits per heavy atom. The Labute approximate surface area is 211 Å². The first-order valence-corrected chi connectivity index (χ1v) is 13.5. The molecule has 1 aliphatic carbocycles. The first-order valence-electron chi connectivity index (χ1n) is 13.5. The van der Waals surface area contributed by atoms with Crippen LogP contribution in [0.5, 0.6) is 11.8 Å². The lowest BCUT2D eigenvalue weighted by Gasteiger charge is -2.37. The van der Waals surface area contributed by atoms with E-state index in [-0.39, 0.29) is 42.4 Å². The number of ether oxygens (including phenoxy) is 2. The Bertz CT molecular complexity index is 1040. The van der Waals surface area contributed by atoms with Crippen molar-refractivity contribution in [2.45, 2.75) is 69.8 Å². The highest BCUT2D eigenvalue weighted by atomic mass is 16.5. The van der Waals surface area contributed by atoms with Crippen LogP contribution in [0, 0.1) is 5.92 Å². The molecule has 3 fully saturated rings. The maximum atomic E-state index is 13.1. The van der Waals surface area contributed by atoms with Gasteiger partial charge >= 0.3 is 5.97 Å². The quantitative estimate of drug-likeness (QED) is 0.562. The van der Waals surface area contributed by atoms with E-state index in [1.165, 1.54) is 11.0 Å². The molecule has 2 aromatic rings. The van der Waals surface area contributed by atoms with E-state index in [1.54, 1.807) is 0 Å². The first kappa shape index (κ1) is 23.6. The highest BCUT2D eigenvalue weighted by Crippen LogP contribution is 2.57. The van der Waals surface area contributed by atoms with Crippen molar-refractivity contribution in [3.8, 4) is 11.8 Å². The molecule has 0 amide bonds. The Morgan fingerprint density at radius 1 is 0.972 bits per heavy atom. The van der Waals surface area contributed by atoms with Gasteiger partial charge in [0.1, 0.15) is 11.9 Å². The minimum Gasteiger partial charge on any atom is -0.494 e. The van der Waals surface area contributed by atoms with Gasteiger partial charge in [-0.2, -0.15) is 0 Å². The molecule has 3 aliphatic heterocycles. The zero-order chi connectivity index (χ0) is 24.6. The first-order chi connectivity index (χ1) is 17.6. The van der Waals surface area contributed by atoms with Crippen molar-refractivity contribution in [1.82, 2.24) is 14.5 Å². The van der Waals surface area contributed by atoms with Crippen molar-refractivity contribution in [1.29, 1.82) is 0 Å². The fourth-order valence-electron chi connectivity index (χ4n) is 6.42. The van der Waals surface area contributed by atoms with E-state index < -0.39 is 6.10 Å². The normalized spacial score (nSPS) is 25.2. The van der Waals surface area contributed by atoms with Gasteiger partial charge in [0.25, 0.3) is 0 Å². The number of piperazine rings is 1. The van der Waals surface area contributed by atoms with Crippen LogP contribution in [0.3, 0.4) is 0 Å². The van der Waals surface area contributed by atoms with Crippen LogP contribution in [0.1, 0.15) is 68.3 Å². The number of aromatic nitrogens is 2. The summed E-state index contributed by atoms with van der Waals surface area (Å²) in [4.78, 5) is 22.1. The topological polar surface area (TPSA) is 100 Å². The lowest BCUT2D eigenvalue weighted by molar-refractivity contribution is -0.157. The van der Waals surface area contributed by atoms with Crippen LogP contribution in [-0.4, -0.2) is 69.5 Å². The lowest BCUT2D eigenvalue weighted by atomic mass is 9.89. The SMILES string of the molecule is O=C(OC(CN1CCN(c2ccccn2)CC1)Cn1c(O)c2c(c1O)[C@H]1CCC2O1)C1CCCCC1. The fourth-order valence-corrected chi connectivity index (χ4v) is 6.42. The molecule has 6 rings (SSSR count). The van der Waals surface area contributed by atoms with E-state index in [0.717, 1.165) is 70.5 Å². The number of aromatic hydroxyl groups is 2. The number of anilines is 1. The van der Waals surface area contributed by atoms with Crippen LogP contribution in [-0.2, 0) is 20.8 Å². The largest absolute Gasteiger partial charge is 0.494 e. The van der Waals surface area contributed by atoms with Gasteiger partial charge in [-0.1, -0.05) is 25.3 Å². The van der Waals surface area contributed by atoms with E-state index in [4.69, 9.17) is 9.47 Å². The van der Waals surface area contributed by atoms with Gasteiger partial charge in [0.2, 0.25) is 0 Å². The molecular formula is C27H36N4O5. The van der Waals surface area contributed by atoms with E-state index in [1.807, 2.05) is 24.4 Å². The summed E-state index contributed by atoms with van der Waals surface area (Å²) in [6, 6.07) is 5.95. The Hall–Kier alpha value is -2.78. The summed E-state index contributed by atoms with van der Waals surface area (Å²) in [5, 5.41) is 22.0. The Kier molecular flexibility index (Phi) is 6.52. The third kappa shape index (κ3) is 4.43. The molecule has 3 atom stereocenters. The number of hydrogen-bond acceptors (Lipinski definition) is 8. The van der Waals surface area contributed by atoms with E-state index >= 15 is 0 Å². The van der Waals surface area contributed by atoms with Crippen LogP contribution in [0.25, 0.3) is 0 Å². The van der Waals surface area contributed by atoms with Gasteiger partial charge in [0.15, 0.2) is 11.8 Å². The second kappa shape index (κ2) is 9.94. The molecule has 0 radical (unpaired) electrons. The van der Waals surface area contributed by atoms with Crippen molar-refractivity contribution in [2.75, 3.05) is 37.6 Å². The molecule has 2 unspecified atom stereocenters. The molecule has 9 nitrogen and oxygen atoms in total. The van der Waals surface area contributed by atoms with Gasteiger partial charge in [-0.05, 0) is 37.8 Å². The summed E-state index contributed by atoms with van der Waals surface area (Å²) >= 11 is 0. The van der Waals surface area contributed by atoms with Crippen molar-refractivity contribution in [2.24, 2.45) is 5.92 Å². The molecule has 2 bridgehead atoms. The molecule has 0 aromatic carbocycles. The fraction of sp³-hybridized carbons (Fsp3) is 0.630. The third-order valence-corrected chi connectivity index (χ3v) is 8.36. The minimum atomic E-state index is -0.469. The number of pyridine rings is 1. The van der Waals surface area contributed by atoms with Gasteiger partial charge in [-0.25, -0.2) is 4.98 Å². The maximum absolute atomic E-state index is 13.1. The predicted molar refractivity (Wildman–Crippen MR) is 133 cm³/mol. The monoisotopic (exact) mass is 496 g/mol. The zero-order valence-corrected chi connectivity index (χ0v) is 20.7. The van der Waals surface area contributed by atoms with Crippen LogP contribution in [0.2, 0.25) is 0 Å². The minimum absolute atomic E-state index is 0.0494. The van der Waals surface area contributed by atoms with Gasteiger partial charge < -0.3 is 24.6 Å². The summed E-state index contributed by atoms with van der Waals surface area (Å²) in [5.74, 6) is 0.880. The molecular weight excluding hydrogens is 460 g/mol. The summed E-state index contributed by atoms with van der Waals surface area (Å²) in [5.41, 5.74) is 1.43. The van der Waals surface area contributed by atoms with Crippen LogP contribution in [0.15, 0.2) is 24.4 Å². The number of rotatable bonds is 7. The molecule has 0 spiro atoms. The molecule has 1 saturated carbocycles. The average molecular weight is 497 g/mol. The average Bonchev–Trinajstić information content (AvgIpc) is 3.60. The molecule has 36 heavy (non-hydrogen) atoms. The Balaban J connectivity index is 1.17. The van der Waals surface area contributed by atoms with Crippen molar-refractivity contribution in [3.05, 3.63) is 35.5 Å². The number of carbonyl (C=O) groups excluding carboxylic acids is 1. The van der Waals surface area contributed by atoms with Crippen molar-refractivity contribution >= 4 is 11.8 Å². The van der Waals surface area contributed by atoms with Crippen molar-refractivity contribution in [3.63, 3.8) is 0 Å².